The van der Waals surface area contributed by atoms with Gasteiger partial charge in [-0.25, -0.2) is 4.98 Å². The molecule has 2 unspecified atom stereocenters. The van der Waals surface area contributed by atoms with Crippen LogP contribution in [-0.4, -0.2) is 14.7 Å². The van der Waals surface area contributed by atoms with Crippen LogP contribution in [0.1, 0.15) is 51.9 Å². The first-order valence-corrected chi connectivity index (χ1v) is 9.71. The van der Waals surface area contributed by atoms with Gasteiger partial charge >= 0.3 is 0 Å². The maximum Gasteiger partial charge on any atom is 0.129 e. The van der Waals surface area contributed by atoms with Gasteiger partial charge in [-0.2, -0.15) is 0 Å². The summed E-state index contributed by atoms with van der Waals surface area (Å²) in [5, 5.41) is 0.665. The number of benzene rings is 1. The second kappa shape index (κ2) is 7.68. The zero-order valence-corrected chi connectivity index (χ0v) is 16.4. The molecule has 1 aromatic heterocycles. The highest BCUT2D eigenvalue weighted by molar-refractivity contribution is 7.73. The van der Waals surface area contributed by atoms with Crippen LogP contribution >= 0.6 is 19.5 Å². The van der Waals surface area contributed by atoms with E-state index in [9.17, 15) is 4.57 Å². The standard InChI is InChI=1S/C18H27N2OP.ClH/c1-6-10-17(16-13-20(5)14-19-16)22(21,18(2,3)4)15-11-8-7-9-12-15;/h7-9,11-14,17H,6,10H2,1-5H3;1H. The van der Waals surface area contributed by atoms with Crippen LogP contribution in [0, 0.1) is 0 Å². The van der Waals surface area contributed by atoms with Gasteiger partial charge < -0.3 is 9.13 Å². The number of rotatable bonds is 5. The SMILES string of the molecule is CCCC(c1cn(C)cn1)P(=O)(c1ccccc1)C(C)(C)C.Cl. The minimum atomic E-state index is -2.67. The fourth-order valence-electron chi connectivity index (χ4n) is 3.08. The van der Waals surface area contributed by atoms with Crippen LogP contribution in [-0.2, 0) is 11.6 Å². The van der Waals surface area contributed by atoms with Gasteiger partial charge in [0.2, 0.25) is 0 Å². The molecule has 2 atom stereocenters. The number of imidazole rings is 1. The molecule has 1 heterocycles. The predicted molar refractivity (Wildman–Crippen MR) is 102 cm³/mol. The second-order valence-corrected chi connectivity index (χ2v) is 10.7. The third-order valence-electron chi connectivity index (χ3n) is 4.20. The molecule has 128 valence electrons. The second-order valence-electron chi connectivity index (χ2n) is 6.93. The zero-order chi connectivity index (χ0) is 16.4. The van der Waals surface area contributed by atoms with E-state index in [0.717, 1.165) is 23.8 Å². The Morgan fingerprint density at radius 2 is 1.83 bits per heavy atom. The molecule has 0 radical (unpaired) electrons. The van der Waals surface area contributed by atoms with Crippen molar-refractivity contribution >= 4 is 24.9 Å². The van der Waals surface area contributed by atoms with Crippen molar-refractivity contribution in [3.05, 3.63) is 48.5 Å². The third kappa shape index (κ3) is 3.89. The minimum absolute atomic E-state index is 0. The van der Waals surface area contributed by atoms with Gasteiger partial charge in [-0.1, -0.05) is 64.4 Å². The average molecular weight is 355 g/mol. The van der Waals surface area contributed by atoms with Gasteiger partial charge in [0.25, 0.3) is 0 Å². The van der Waals surface area contributed by atoms with E-state index < -0.39 is 7.14 Å². The molecule has 1 aromatic carbocycles. The van der Waals surface area contributed by atoms with Crippen molar-refractivity contribution in [1.82, 2.24) is 9.55 Å². The Labute approximate surface area is 146 Å². The summed E-state index contributed by atoms with van der Waals surface area (Å²) in [6, 6.07) is 9.96. The first kappa shape index (κ1) is 20.0. The molecule has 2 aromatic rings. The van der Waals surface area contributed by atoms with E-state index >= 15 is 0 Å². The summed E-state index contributed by atoms with van der Waals surface area (Å²) in [5.41, 5.74) is 0.924. The lowest BCUT2D eigenvalue weighted by Crippen LogP contribution is -2.27. The largest absolute Gasteiger partial charge is 0.340 e. The fraction of sp³-hybridized carbons (Fsp3) is 0.500. The summed E-state index contributed by atoms with van der Waals surface area (Å²) in [6.07, 6.45) is 5.70. The van der Waals surface area contributed by atoms with Crippen molar-refractivity contribution in [2.75, 3.05) is 0 Å². The van der Waals surface area contributed by atoms with E-state index in [1.54, 1.807) is 6.33 Å². The van der Waals surface area contributed by atoms with Crippen molar-refractivity contribution in [2.24, 2.45) is 7.05 Å². The van der Waals surface area contributed by atoms with Crippen LogP contribution in [0.4, 0.5) is 0 Å². The van der Waals surface area contributed by atoms with Gasteiger partial charge in [-0.05, 0) is 6.42 Å². The van der Waals surface area contributed by atoms with Crippen molar-refractivity contribution in [3.8, 4) is 0 Å². The smallest absolute Gasteiger partial charge is 0.129 e. The topological polar surface area (TPSA) is 34.9 Å². The molecule has 2 rings (SSSR count). The van der Waals surface area contributed by atoms with E-state index in [1.165, 1.54) is 0 Å². The molecule has 0 aliphatic carbocycles. The molecule has 0 aliphatic heterocycles. The predicted octanol–water partition coefficient (Wildman–Crippen LogP) is 5.17. The minimum Gasteiger partial charge on any atom is -0.340 e. The summed E-state index contributed by atoms with van der Waals surface area (Å²) < 4.78 is 16.2. The fourth-order valence-corrected chi connectivity index (χ4v) is 6.89. The van der Waals surface area contributed by atoms with E-state index in [1.807, 2.05) is 48.1 Å². The van der Waals surface area contributed by atoms with Crippen molar-refractivity contribution in [2.45, 2.75) is 51.4 Å². The highest BCUT2D eigenvalue weighted by Gasteiger charge is 2.45. The Bertz CT molecular complexity index is 661. The molecule has 23 heavy (non-hydrogen) atoms. The number of aromatic nitrogens is 2. The maximum absolute atomic E-state index is 14.3. The molecule has 0 aliphatic rings. The molecular weight excluding hydrogens is 327 g/mol. The summed E-state index contributed by atoms with van der Waals surface area (Å²) in [7, 11) is -0.704. The Hall–Kier alpha value is -1.05. The van der Waals surface area contributed by atoms with Gasteiger partial charge in [0.1, 0.15) is 7.14 Å². The lowest BCUT2D eigenvalue weighted by molar-refractivity contribution is 0.537. The van der Waals surface area contributed by atoms with Crippen molar-refractivity contribution < 1.29 is 4.57 Å². The van der Waals surface area contributed by atoms with Crippen LogP contribution in [0.25, 0.3) is 0 Å². The first-order chi connectivity index (χ1) is 10.3. The van der Waals surface area contributed by atoms with Crippen LogP contribution in [0.3, 0.4) is 0 Å². The molecule has 5 heteroatoms. The lowest BCUT2D eigenvalue weighted by Gasteiger charge is -2.37. The summed E-state index contributed by atoms with van der Waals surface area (Å²) in [4.78, 5) is 4.53. The van der Waals surface area contributed by atoms with Crippen LogP contribution in [0.15, 0.2) is 42.9 Å². The number of aryl methyl sites for hydroxylation is 1. The number of nitrogens with zero attached hydrogens (tertiary/aromatic N) is 2. The zero-order valence-electron chi connectivity index (χ0n) is 14.7. The van der Waals surface area contributed by atoms with Gasteiger partial charge in [-0.3, -0.25) is 0 Å². The maximum atomic E-state index is 14.3. The number of hydrogen-bond acceptors (Lipinski definition) is 2. The Kier molecular flexibility index (Phi) is 6.68. The van der Waals surface area contributed by atoms with E-state index in [2.05, 4.69) is 32.7 Å². The van der Waals surface area contributed by atoms with Crippen LogP contribution in [0.2, 0.25) is 0 Å². The molecule has 3 nitrogen and oxygen atoms in total. The Morgan fingerprint density at radius 3 is 2.26 bits per heavy atom. The number of hydrogen-bond donors (Lipinski definition) is 0. The quantitative estimate of drug-likeness (QED) is 0.694. The van der Waals surface area contributed by atoms with Crippen molar-refractivity contribution in [3.63, 3.8) is 0 Å². The van der Waals surface area contributed by atoms with Gasteiger partial charge in [0.15, 0.2) is 0 Å². The highest BCUT2D eigenvalue weighted by Crippen LogP contribution is 2.67. The van der Waals surface area contributed by atoms with Crippen molar-refractivity contribution in [1.29, 1.82) is 0 Å². The van der Waals surface area contributed by atoms with Gasteiger partial charge in [-0.15, -0.1) is 12.4 Å². The molecule has 0 amide bonds. The normalized spacial score (nSPS) is 15.5. The molecule has 0 N–H and O–H groups in total. The molecule has 0 fully saturated rings. The van der Waals surface area contributed by atoms with E-state index in [4.69, 9.17) is 0 Å². The Balaban J connectivity index is 0.00000264. The van der Waals surface area contributed by atoms with E-state index in [0.29, 0.717) is 0 Å². The molecule has 0 bridgehead atoms. The third-order valence-corrected chi connectivity index (χ3v) is 8.66. The Morgan fingerprint density at radius 1 is 1.22 bits per heavy atom. The van der Waals surface area contributed by atoms with Crippen LogP contribution < -0.4 is 5.30 Å². The molecular formula is C18H28ClN2OP. The van der Waals surface area contributed by atoms with Gasteiger partial charge in [0, 0.05) is 23.7 Å². The summed E-state index contributed by atoms with van der Waals surface area (Å²) in [5.74, 6) is 0. The van der Waals surface area contributed by atoms with E-state index in [-0.39, 0.29) is 23.2 Å². The average Bonchev–Trinajstić information content (AvgIpc) is 2.90. The molecule has 0 saturated heterocycles. The monoisotopic (exact) mass is 354 g/mol. The highest BCUT2D eigenvalue weighted by atomic mass is 35.5. The van der Waals surface area contributed by atoms with Crippen LogP contribution in [0.5, 0.6) is 0 Å². The summed E-state index contributed by atoms with van der Waals surface area (Å²) >= 11 is 0. The lowest BCUT2D eigenvalue weighted by atomic mass is 10.2. The van der Waals surface area contributed by atoms with Gasteiger partial charge in [0.05, 0.1) is 17.7 Å². The first-order valence-electron chi connectivity index (χ1n) is 7.94. The molecule has 0 spiro atoms. The number of halogens is 1. The molecule has 0 saturated carbocycles. The summed E-state index contributed by atoms with van der Waals surface area (Å²) in [6.45, 7) is 8.42.